The molecule has 0 aliphatic carbocycles. The van der Waals surface area contributed by atoms with Crippen molar-refractivity contribution in [3.8, 4) is 11.8 Å². The van der Waals surface area contributed by atoms with E-state index in [-0.39, 0.29) is 11.9 Å². The normalized spacial score (nSPS) is 11.4. The van der Waals surface area contributed by atoms with Gasteiger partial charge in [0, 0.05) is 18.7 Å². The van der Waals surface area contributed by atoms with Gasteiger partial charge in [0.2, 0.25) is 0 Å². The van der Waals surface area contributed by atoms with Crippen LogP contribution in [-0.2, 0) is 0 Å². The number of hydrogen-bond donors (Lipinski definition) is 1. The van der Waals surface area contributed by atoms with Crippen LogP contribution < -0.4 is 5.73 Å². The third-order valence-electron chi connectivity index (χ3n) is 3.42. The monoisotopic (exact) mass is 272 g/mol. The number of hydrogen-bond acceptors (Lipinski definition) is 2. The van der Waals surface area contributed by atoms with Crippen LogP contribution in [0, 0.1) is 18.8 Å². The van der Waals surface area contributed by atoms with E-state index in [1.54, 1.807) is 4.90 Å². The topological polar surface area (TPSA) is 46.3 Å². The first kappa shape index (κ1) is 16.3. The Morgan fingerprint density at radius 2 is 2.15 bits per heavy atom. The second-order valence-corrected chi connectivity index (χ2v) is 5.11. The summed E-state index contributed by atoms with van der Waals surface area (Å²) in [6.45, 7) is 6.48. The Bertz CT molecular complexity index is 526. The Balaban J connectivity index is 3.09. The summed E-state index contributed by atoms with van der Waals surface area (Å²) >= 11 is 0. The smallest absolute Gasteiger partial charge is 0.255 e. The van der Waals surface area contributed by atoms with Crippen LogP contribution in [0.3, 0.4) is 0 Å². The van der Waals surface area contributed by atoms with E-state index < -0.39 is 0 Å². The van der Waals surface area contributed by atoms with Gasteiger partial charge in [-0.1, -0.05) is 31.3 Å². The lowest BCUT2D eigenvalue weighted by molar-refractivity contribution is 0.0736. The van der Waals surface area contributed by atoms with Gasteiger partial charge in [-0.25, -0.2) is 0 Å². The van der Waals surface area contributed by atoms with Crippen LogP contribution in [0.15, 0.2) is 18.2 Å². The quantitative estimate of drug-likeness (QED) is 0.856. The highest BCUT2D eigenvalue weighted by Gasteiger charge is 2.19. The second kappa shape index (κ2) is 7.72. The maximum absolute atomic E-state index is 12.6. The zero-order valence-electron chi connectivity index (χ0n) is 12.9. The Morgan fingerprint density at radius 3 is 2.75 bits per heavy atom. The summed E-state index contributed by atoms with van der Waals surface area (Å²) in [4.78, 5) is 14.4. The van der Waals surface area contributed by atoms with E-state index in [0.29, 0.717) is 12.1 Å². The highest BCUT2D eigenvalue weighted by molar-refractivity contribution is 5.96. The maximum Gasteiger partial charge on any atom is 0.255 e. The van der Waals surface area contributed by atoms with Gasteiger partial charge in [-0.2, -0.15) is 0 Å². The van der Waals surface area contributed by atoms with Gasteiger partial charge < -0.3 is 10.6 Å². The second-order valence-electron chi connectivity index (χ2n) is 5.11. The molecule has 0 saturated heterocycles. The summed E-state index contributed by atoms with van der Waals surface area (Å²) in [5.74, 6) is 5.85. The predicted molar refractivity (Wildman–Crippen MR) is 83.6 cm³/mol. The lowest BCUT2D eigenvalue weighted by atomic mass is 10.0. The highest BCUT2D eigenvalue weighted by atomic mass is 16.2. The Hall–Kier alpha value is -1.79. The molecule has 1 aromatic carbocycles. The summed E-state index contributed by atoms with van der Waals surface area (Å²) < 4.78 is 0. The van der Waals surface area contributed by atoms with Crippen LogP contribution >= 0.6 is 0 Å². The molecule has 1 rings (SSSR count). The fourth-order valence-electron chi connectivity index (χ4n) is 2.10. The number of nitrogens with two attached hydrogens (primary N) is 1. The van der Waals surface area contributed by atoms with Crippen molar-refractivity contribution in [3.05, 3.63) is 34.9 Å². The van der Waals surface area contributed by atoms with Crippen molar-refractivity contribution in [3.63, 3.8) is 0 Å². The zero-order chi connectivity index (χ0) is 15.1. The summed E-state index contributed by atoms with van der Waals surface area (Å²) in [5, 5.41) is 0. The van der Waals surface area contributed by atoms with Gasteiger partial charge in [0.1, 0.15) is 0 Å². The molecule has 2 N–H and O–H groups in total. The minimum Gasteiger partial charge on any atom is -0.339 e. The molecule has 0 fully saturated rings. The molecule has 20 heavy (non-hydrogen) atoms. The highest BCUT2D eigenvalue weighted by Crippen LogP contribution is 2.15. The molecule has 0 aliphatic rings. The maximum atomic E-state index is 12.6. The molecule has 1 atom stereocenters. The van der Waals surface area contributed by atoms with Crippen molar-refractivity contribution in [1.82, 2.24) is 4.90 Å². The fourth-order valence-corrected chi connectivity index (χ4v) is 2.10. The average Bonchev–Trinajstić information content (AvgIpc) is 2.44. The molecule has 1 amide bonds. The largest absolute Gasteiger partial charge is 0.339 e. The average molecular weight is 272 g/mol. The van der Waals surface area contributed by atoms with Crippen molar-refractivity contribution in [2.45, 2.75) is 39.7 Å². The van der Waals surface area contributed by atoms with E-state index in [9.17, 15) is 4.79 Å². The Morgan fingerprint density at radius 1 is 1.45 bits per heavy atom. The van der Waals surface area contributed by atoms with Crippen LogP contribution in [0.5, 0.6) is 0 Å². The third-order valence-corrected chi connectivity index (χ3v) is 3.42. The fraction of sp³-hybridized carbons (Fsp3) is 0.471. The van der Waals surface area contributed by atoms with Crippen LogP contribution in [0.25, 0.3) is 0 Å². The van der Waals surface area contributed by atoms with E-state index in [4.69, 9.17) is 5.73 Å². The van der Waals surface area contributed by atoms with E-state index >= 15 is 0 Å². The number of benzene rings is 1. The van der Waals surface area contributed by atoms with E-state index in [1.807, 2.05) is 32.2 Å². The first-order chi connectivity index (χ1) is 9.51. The molecule has 0 saturated carbocycles. The van der Waals surface area contributed by atoms with Crippen LogP contribution in [0.2, 0.25) is 0 Å². The standard InChI is InChI=1S/C17H24N2O/c1-5-7-14(3)19(4)17(20)16-10-9-13(2)12-15(16)8-6-11-18/h9-10,12,14H,5,7,11,18H2,1-4H3. The SMILES string of the molecule is CCCC(C)N(C)C(=O)c1ccc(C)cc1C#CCN. The van der Waals surface area contributed by atoms with Gasteiger partial charge in [-0.3, -0.25) is 4.79 Å². The minimum atomic E-state index is 0.0206. The minimum absolute atomic E-state index is 0.0206. The molecule has 1 unspecified atom stereocenters. The molecule has 108 valence electrons. The number of carbonyl (C=O) groups excluding carboxylic acids is 1. The molecule has 3 heteroatoms. The van der Waals surface area contributed by atoms with Crippen molar-refractivity contribution < 1.29 is 4.79 Å². The van der Waals surface area contributed by atoms with Gasteiger partial charge in [0.05, 0.1) is 12.1 Å². The molecule has 0 aromatic heterocycles. The van der Waals surface area contributed by atoms with Crippen molar-refractivity contribution in [2.75, 3.05) is 13.6 Å². The summed E-state index contributed by atoms with van der Waals surface area (Å²) in [5.41, 5.74) is 7.92. The Labute approximate surface area is 122 Å². The number of rotatable bonds is 4. The third kappa shape index (κ3) is 4.11. The lowest BCUT2D eigenvalue weighted by Crippen LogP contribution is -2.35. The van der Waals surface area contributed by atoms with Gasteiger partial charge in [0.15, 0.2) is 0 Å². The summed E-state index contributed by atoms with van der Waals surface area (Å²) in [7, 11) is 1.85. The predicted octanol–water partition coefficient (Wildman–Crippen LogP) is 2.57. The number of nitrogens with zero attached hydrogens (tertiary/aromatic N) is 1. The first-order valence-corrected chi connectivity index (χ1v) is 7.08. The molecular weight excluding hydrogens is 248 g/mol. The van der Waals surface area contributed by atoms with E-state index in [2.05, 4.69) is 25.7 Å². The van der Waals surface area contributed by atoms with E-state index in [0.717, 1.165) is 24.0 Å². The van der Waals surface area contributed by atoms with Gasteiger partial charge in [-0.15, -0.1) is 0 Å². The number of carbonyl (C=O) groups is 1. The van der Waals surface area contributed by atoms with Gasteiger partial charge in [0.25, 0.3) is 5.91 Å². The molecular formula is C17H24N2O. The Kier molecular flexibility index (Phi) is 6.27. The van der Waals surface area contributed by atoms with Crippen molar-refractivity contribution >= 4 is 5.91 Å². The molecule has 0 radical (unpaired) electrons. The first-order valence-electron chi connectivity index (χ1n) is 7.08. The van der Waals surface area contributed by atoms with Crippen molar-refractivity contribution in [1.29, 1.82) is 0 Å². The van der Waals surface area contributed by atoms with Crippen LogP contribution in [0.4, 0.5) is 0 Å². The number of amides is 1. The summed E-state index contributed by atoms with van der Waals surface area (Å²) in [6, 6.07) is 5.96. The number of aryl methyl sites for hydroxylation is 1. The molecule has 1 aromatic rings. The van der Waals surface area contributed by atoms with Crippen LogP contribution in [-0.4, -0.2) is 30.4 Å². The molecule has 0 spiro atoms. The van der Waals surface area contributed by atoms with Crippen molar-refractivity contribution in [2.24, 2.45) is 5.73 Å². The summed E-state index contributed by atoms with van der Waals surface area (Å²) in [6.07, 6.45) is 2.06. The van der Waals surface area contributed by atoms with E-state index in [1.165, 1.54) is 0 Å². The zero-order valence-corrected chi connectivity index (χ0v) is 12.9. The molecule has 0 aliphatic heterocycles. The lowest BCUT2D eigenvalue weighted by Gasteiger charge is -2.25. The van der Waals surface area contributed by atoms with Gasteiger partial charge in [-0.05, 0) is 38.0 Å². The molecule has 0 bridgehead atoms. The molecule has 0 heterocycles. The molecule has 3 nitrogen and oxygen atoms in total. The van der Waals surface area contributed by atoms with Crippen LogP contribution in [0.1, 0.15) is 48.2 Å². The van der Waals surface area contributed by atoms with Gasteiger partial charge >= 0.3 is 0 Å².